The number of β-amino-alcohol motifs (C(OH)–C–C–N with tert-alkyl or cyclic N) is 1. The summed E-state index contributed by atoms with van der Waals surface area (Å²) in [7, 11) is 0. The molecule has 1 heterocycles. The average Bonchev–Trinajstić information content (AvgIpc) is 3.10. The second-order valence-electron chi connectivity index (χ2n) is 8.49. The molecule has 0 saturated heterocycles. The number of hydrogen-bond acceptors (Lipinski definition) is 7. The molecule has 0 aliphatic carbocycles. The van der Waals surface area contributed by atoms with Gasteiger partial charge in [-0.15, -0.1) is 0 Å². The number of primary amides is 1. The van der Waals surface area contributed by atoms with Crippen LogP contribution in [0.25, 0.3) is 0 Å². The van der Waals surface area contributed by atoms with Gasteiger partial charge in [-0.05, 0) is 63.3 Å². The number of hydrogen-bond donors (Lipinski definition) is 5. The van der Waals surface area contributed by atoms with Crippen LogP contribution in [0.15, 0.2) is 12.1 Å². The summed E-state index contributed by atoms with van der Waals surface area (Å²) in [4.78, 5) is 24.0. The Labute approximate surface area is 194 Å². The van der Waals surface area contributed by atoms with Crippen molar-refractivity contribution in [3.05, 3.63) is 40.5 Å². The Bertz CT molecular complexity index is 994. The standard InChI is InChI=1S/C21H29F2N5O4S/c1-11-7-15(23)12(8-14(11)22)10-32-18-16(17(24)30)19(33-28-18)27-20(31)25-6-5-13(29)9-26-21(2,3)4/h7-8,13,26,29H,5-6,9-10H2,1-4H3,(H2,24,30)(H2,25,27,31). The summed E-state index contributed by atoms with van der Waals surface area (Å²) in [6.07, 6.45) is -0.337. The zero-order valence-electron chi connectivity index (χ0n) is 18.9. The minimum absolute atomic E-state index is 0.0421. The van der Waals surface area contributed by atoms with Crippen LogP contribution in [-0.4, -0.2) is 46.2 Å². The number of aliphatic hydroxyl groups excluding tert-OH is 1. The number of amides is 3. The van der Waals surface area contributed by atoms with Crippen molar-refractivity contribution in [2.24, 2.45) is 5.73 Å². The fourth-order valence-electron chi connectivity index (χ4n) is 2.65. The van der Waals surface area contributed by atoms with E-state index in [1.54, 1.807) is 0 Å². The SMILES string of the molecule is Cc1cc(F)c(COc2nsc(NC(=O)NCCC(O)CNC(C)(C)C)c2C(N)=O)cc1F. The second-order valence-corrected chi connectivity index (χ2v) is 9.27. The highest BCUT2D eigenvalue weighted by molar-refractivity contribution is 7.11. The second kappa shape index (κ2) is 11.3. The molecular weight excluding hydrogens is 456 g/mol. The summed E-state index contributed by atoms with van der Waals surface area (Å²) >= 11 is 0.753. The Morgan fingerprint density at radius 2 is 1.97 bits per heavy atom. The molecule has 0 radical (unpaired) electrons. The molecule has 0 saturated carbocycles. The lowest BCUT2D eigenvalue weighted by Crippen LogP contribution is -2.42. The van der Waals surface area contributed by atoms with Gasteiger partial charge < -0.3 is 26.2 Å². The number of rotatable bonds is 10. The number of aromatic nitrogens is 1. The van der Waals surface area contributed by atoms with Crippen LogP contribution >= 0.6 is 11.5 Å². The fourth-order valence-corrected chi connectivity index (χ4v) is 3.38. The minimum Gasteiger partial charge on any atom is -0.471 e. The number of nitrogens with zero attached hydrogens (tertiary/aromatic N) is 1. The van der Waals surface area contributed by atoms with E-state index in [-0.39, 0.29) is 46.3 Å². The van der Waals surface area contributed by atoms with Crippen molar-refractivity contribution < 1.29 is 28.2 Å². The van der Waals surface area contributed by atoms with Gasteiger partial charge in [0.05, 0.1) is 6.10 Å². The molecule has 0 aliphatic heterocycles. The number of nitrogens with one attached hydrogen (secondary N) is 3. The molecule has 12 heteroatoms. The zero-order chi connectivity index (χ0) is 24.8. The van der Waals surface area contributed by atoms with E-state index in [1.807, 2.05) is 20.8 Å². The van der Waals surface area contributed by atoms with E-state index in [1.165, 1.54) is 6.92 Å². The van der Waals surface area contributed by atoms with Crippen molar-refractivity contribution in [1.82, 2.24) is 15.0 Å². The van der Waals surface area contributed by atoms with E-state index >= 15 is 0 Å². The van der Waals surface area contributed by atoms with Gasteiger partial charge >= 0.3 is 6.03 Å². The number of aryl methyl sites for hydroxylation is 1. The Kier molecular flexibility index (Phi) is 9.08. The van der Waals surface area contributed by atoms with Crippen LogP contribution in [0.3, 0.4) is 0 Å². The maximum Gasteiger partial charge on any atom is 0.319 e. The minimum atomic E-state index is -0.909. The summed E-state index contributed by atoms with van der Waals surface area (Å²) in [5.41, 5.74) is 5.16. The third-order valence-electron chi connectivity index (χ3n) is 4.46. The fraction of sp³-hybridized carbons (Fsp3) is 0.476. The number of ether oxygens (including phenoxy) is 1. The van der Waals surface area contributed by atoms with Gasteiger partial charge in [-0.2, -0.15) is 4.37 Å². The molecule has 2 aromatic rings. The Morgan fingerprint density at radius 1 is 1.27 bits per heavy atom. The van der Waals surface area contributed by atoms with Crippen molar-refractivity contribution in [3.63, 3.8) is 0 Å². The zero-order valence-corrected chi connectivity index (χ0v) is 19.7. The van der Waals surface area contributed by atoms with Crippen LogP contribution < -0.4 is 26.4 Å². The summed E-state index contributed by atoms with van der Waals surface area (Å²) in [5.74, 6) is -2.37. The molecule has 2 rings (SSSR count). The highest BCUT2D eigenvalue weighted by Gasteiger charge is 2.22. The number of anilines is 1. The van der Waals surface area contributed by atoms with E-state index in [4.69, 9.17) is 10.5 Å². The molecule has 0 fully saturated rings. The van der Waals surface area contributed by atoms with E-state index in [2.05, 4.69) is 20.3 Å². The monoisotopic (exact) mass is 485 g/mol. The Morgan fingerprint density at radius 3 is 2.61 bits per heavy atom. The number of nitrogens with two attached hydrogens (primary N) is 1. The summed E-state index contributed by atoms with van der Waals surface area (Å²) in [5, 5.41) is 18.2. The smallest absolute Gasteiger partial charge is 0.319 e. The molecule has 3 amide bonds. The largest absolute Gasteiger partial charge is 0.471 e. The molecule has 33 heavy (non-hydrogen) atoms. The van der Waals surface area contributed by atoms with Crippen molar-refractivity contribution in [2.75, 3.05) is 18.4 Å². The van der Waals surface area contributed by atoms with Crippen LogP contribution in [0.1, 0.15) is 48.7 Å². The number of aliphatic hydroxyl groups is 1. The van der Waals surface area contributed by atoms with Gasteiger partial charge in [0.25, 0.3) is 5.91 Å². The van der Waals surface area contributed by atoms with Crippen LogP contribution in [0, 0.1) is 18.6 Å². The Hall–Kier alpha value is -2.83. The van der Waals surface area contributed by atoms with E-state index in [0.29, 0.717) is 13.0 Å². The normalized spacial score (nSPS) is 12.3. The van der Waals surface area contributed by atoms with Gasteiger partial charge in [-0.3, -0.25) is 10.1 Å². The lowest BCUT2D eigenvalue weighted by Gasteiger charge is -2.22. The first-order valence-corrected chi connectivity index (χ1v) is 11.0. The van der Waals surface area contributed by atoms with Crippen LogP contribution in [-0.2, 0) is 6.61 Å². The number of benzene rings is 1. The van der Waals surface area contributed by atoms with E-state index in [0.717, 1.165) is 23.7 Å². The Balaban J connectivity index is 1.94. The molecular formula is C21H29F2N5O4S. The highest BCUT2D eigenvalue weighted by Crippen LogP contribution is 2.31. The molecule has 1 atom stereocenters. The van der Waals surface area contributed by atoms with Crippen molar-refractivity contribution in [2.45, 2.75) is 52.4 Å². The highest BCUT2D eigenvalue weighted by atomic mass is 32.1. The van der Waals surface area contributed by atoms with Gasteiger partial charge in [0.2, 0.25) is 5.88 Å². The van der Waals surface area contributed by atoms with Gasteiger partial charge in [-0.25, -0.2) is 13.6 Å². The maximum atomic E-state index is 14.0. The summed E-state index contributed by atoms with van der Waals surface area (Å²) in [6.45, 7) is 7.53. The van der Waals surface area contributed by atoms with Gasteiger partial charge in [0.15, 0.2) is 0 Å². The first kappa shape index (κ1) is 26.4. The summed E-state index contributed by atoms with van der Waals surface area (Å²) < 4.78 is 37.0. The molecule has 182 valence electrons. The van der Waals surface area contributed by atoms with Crippen molar-refractivity contribution in [3.8, 4) is 5.88 Å². The first-order chi connectivity index (χ1) is 15.4. The third kappa shape index (κ3) is 8.22. The topological polar surface area (TPSA) is 139 Å². The van der Waals surface area contributed by atoms with Crippen LogP contribution in [0.2, 0.25) is 0 Å². The first-order valence-electron chi connectivity index (χ1n) is 10.2. The summed E-state index contributed by atoms with van der Waals surface area (Å²) in [6, 6.07) is 1.41. The molecule has 1 unspecified atom stereocenters. The maximum absolute atomic E-state index is 14.0. The van der Waals surface area contributed by atoms with Gasteiger partial charge in [-0.1, -0.05) is 0 Å². The molecule has 6 N–H and O–H groups in total. The van der Waals surface area contributed by atoms with Crippen LogP contribution in [0.4, 0.5) is 18.6 Å². The molecule has 1 aromatic carbocycles. The van der Waals surface area contributed by atoms with Crippen molar-refractivity contribution >= 4 is 28.5 Å². The average molecular weight is 486 g/mol. The predicted molar refractivity (Wildman–Crippen MR) is 121 cm³/mol. The molecule has 9 nitrogen and oxygen atoms in total. The molecule has 0 bridgehead atoms. The van der Waals surface area contributed by atoms with Gasteiger partial charge in [0, 0.05) is 24.2 Å². The third-order valence-corrected chi connectivity index (χ3v) is 5.20. The van der Waals surface area contributed by atoms with E-state index < -0.39 is 29.7 Å². The number of halogens is 2. The molecule has 0 spiro atoms. The lowest BCUT2D eigenvalue weighted by atomic mass is 10.1. The molecule has 1 aromatic heterocycles. The number of carbonyl (C=O) groups excluding carboxylic acids is 2. The van der Waals surface area contributed by atoms with Crippen LogP contribution in [0.5, 0.6) is 5.88 Å². The number of urea groups is 1. The van der Waals surface area contributed by atoms with Gasteiger partial charge in [0.1, 0.15) is 28.8 Å². The predicted octanol–water partition coefficient (Wildman–Crippen LogP) is 2.67. The number of carbonyl (C=O) groups is 2. The lowest BCUT2D eigenvalue weighted by molar-refractivity contribution is 0.0996. The molecule has 0 aliphatic rings. The van der Waals surface area contributed by atoms with Crippen molar-refractivity contribution in [1.29, 1.82) is 0 Å². The van der Waals surface area contributed by atoms with E-state index in [9.17, 15) is 23.5 Å². The quantitative estimate of drug-likeness (QED) is 0.351.